The molecule has 1 unspecified atom stereocenters. The molecule has 2 aromatic rings. The molecule has 1 N–H and O–H groups in total. The number of nitrogens with zero attached hydrogens (tertiary/aromatic N) is 1. The molecule has 0 radical (unpaired) electrons. The number of benzene rings is 2. The van der Waals surface area contributed by atoms with Crippen molar-refractivity contribution in [3.8, 4) is 0 Å². The van der Waals surface area contributed by atoms with Crippen LogP contribution < -0.4 is 10.2 Å². The Bertz CT molecular complexity index is 588. The van der Waals surface area contributed by atoms with Crippen LogP contribution in [-0.2, 0) is 0 Å². The molecule has 0 aliphatic carbocycles. The van der Waals surface area contributed by atoms with Crippen molar-refractivity contribution in [2.24, 2.45) is 0 Å². The molecule has 20 heavy (non-hydrogen) atoms. The third-order valence-corrected chi connectivity index (χ3v) is 3.64. The quantitative estimate of drug-likeness (QED) is 0.875. The van der Waals surface area contributed by atoms with E-state index < -0.39 is 0 Å². The maximum absolute atomic E-state index is 3.60. The van der Waals surface area contributed by atoms with Crippen molar-refractivity contribution in [1.82, 2.24) is 0 Å². The first-order valence-electron chi connectivity index (χ1n) is 7.08. The van der Waals surface area contributed by atoms with Crippen LogP contribution in [0.2, 0.25) is 0 Å². The fraction of sp³-hybridized carbons (Fsp3) is 0.333. The van der Waals surface area contributed by atoms with Crippen molar-refractivity contribution in [2.75, 3.05) is 24.3 Å². The molecule has 0 saturated heterocycles. The predicted molar refractivity (Wildman–Crippen MR) is 88.7 cm³/mol. The molecular weight excluding hydrogens is 244 g/mol. The lowest BCUT2D eigenvalue weighted by Gasteiger charge is -2.20. The van der Waals surface area contributed by atoms with Crippen LogP contribution in [0.15, 0.2) is 42.5 Å². The van der Waals surface area contributed by atoms with Crippen molar-refractivity contribution >= 4 is 11.4 Å². The molecule has 1 atom stereocenters. The van der Waals surface area contributed by atoms with Gasteiger partial charge in [0.2, 0.25) is 0 Å². The van der Waals surface area contributed by atoms with Crippen LogP contribution in [0, 0.1) is 13.8 Å². The minimum atomic E-state index is 0.304. The normalized spacial score (nSPS) is 12.1. The highest BCUT2D eigenvalue weighted by atomic mass is 15.1. The molecule has 0 aliphatic rings. The van der Waals surface area contributed by atoms with Crippen molar-refractivity contribution in [2.45, 2.75) is 26.8 Å². The molecule has 2 rings (SSSR count). The first-order valence-corrected chi connectivity index (χ1v) is 7.08. The maximum Gasteiger partial charge on any atom is 0.0485 e. The lowest BCUT2D eigenvalue weighted by atomic mass is 10.0. The standard InChI is InChI=1S/C18H24N2/c1-13-7-6-8-16(11-13)15(3)19-18-10-9-17(20(4)5)12-14(18)2/h6-12,15,19H,1-5H3. The molecule has 0 spiro atoms. The zero-order valence-electron chi connectivity index (χ0n) is 13.1. The second-order valence-corrected chi connectivity index (χ2v) is 5.67. The summed E-state index contributed by atoms with van der Waals surface area (Å²) in [4.78, 5) is 2.13. The van der Waals surface area contributed by atoms with Gasteiger partial charge in [0.1, 0.15) is 0 Å². The summed E-state index contributed by atoms with van der Waals surface area (Å²) < 4.78 is 0. The largest absolute Gasteiger partial charge is 0.378 e. The third-order valence-electron chi connectivity index (χ3n) is 3.64. The molecular formula is C18H24N2. The number of hydrogen-bond donors (Lipinski definition) is 1. The van der Waals surface area contributed by atoms with Gasteiger partial charge in [0.15, 0.2) is 0 Å². The number of aryl methyl sites for hydroxylation is 2. The minimum absolute atomic E-state index is 0.304. The van der Waals surface area contributed by atoms with Gasteiger partial charge in [-0.05, 0) is 50.1 Å². The van der Waals surface area contributed by atoms with Gasteiger partial charge in [-0.3, -0.25) is 0 Å². The summed E-state index contributed by atoms with van der Waals surface area (Å²) in [6, 6.07) is 15.5. The van der Waals surface area contributed by atoms with E-state index in [0.717, 1.165) is 0 Å². The van der Waals surface area contributed by atoms with Crippen molar-refractivity contribution in [3.05, 3.63) is 59.2 Å². The van der Waals surface area contributed by atoms with E-state index in [1.54, 1.807) is 0 Å². The monoisotopic (exact) mass is 268 g/mol. The first-order chi connectivity index (χ1) is 9.47. The molecule has 0 amide bonds. The summed E-state index contributed by atoms with van der Waals surface area (Å²) in [7, 11) is 4.13. The van der Waals surface area contributed by atoms with Gasteiger partial charge in [-0.25, -0.2) is 0 Å². The summed E-state index contributed by atoms with van der Waals surface area (Å²) in [6.45, 7) is 6.49. The molecule has 0 aromatic heterocycles. The summed E-state index contributed by atoms with van der Waals surface area (Å²) in [5, 5.41) is 3.60. The van der Waals surface area contributed by atoms with Gasteiger partial charge < -0.3 is 10.2 Å². The Balaban J connectivity index is 2.17. The Kier molecular flexibility index (Phi) is 4.33. The highest BCUT2D eigenvalue weighted by molar-refractivity contribution is 5.60. The van der Waals surface area contributed by atoms with Crippen LogP contribution in [0.4, 0.5) is 11.4 Å². The predicted octanol–water partition coefficient (Wildman–Crippen LogP) is 4.54. The second kappa shape index (κ2) is 6.00. The van der Waals surface area contributed by atoms with Crippen LogP contribution in [0.25, 0.3) is 0 Å². The Labute approximate surface area is 122 Å². The van der Waals surface area contributed by atoms with Crippen LogP contribution in [0.1, 0.15) is 29.7 Å². The molecule has 0 saturated carbocycles. The van der Waals surface area contributed by atoms with Gasteiger partial charge in [-0.2, -0.15) is 0 Å². The third kappa shape index (κ3) is 3.32. The van der Waals surface area contributed by atoms with Gasteiger partial charge in [0.05, 0.1) is 0 Å². The Morgan fingerprint density at radius 3 is 2.35 bits per heavy atom. The number of nitrogens with one attached hydrogen (secondary N) is 1. The van der Waals surface area contributed by atoms with Gasteiger partial charge in [-0.1, -0.05) is 29.8 Å². The smallest absolute Gasteiger partial charge is 0.0485 e. The van der Waals surface area contributed by atoms with Gasteiger partial charge in [-0.15, -0.1) is 0 Å². The van der Waals surface area contributed by atoms with E-state index >= 15 is 0 Å². The van der Waals surface area contributed by atoms with Gasteiger partial charge >= 0.3 is 0 Å². The highest BCUT2D eigenvalue weighted by Crippen LogP contribution is 2.25. The maximum atomic E-state index is 3.60. The Morgan fingerprint density at radius 1 is 1.00 bits per heavy atom. The lowest BCUT2D eigenvalue weighted by molar-refractivity contribution is 0.880. The molecule has 2 aromatic carbocycles. The summed E-state index contributed by atoms with van der Waals surface area (Å²) in [6.07, 6.45) is 0. The van der Waals surface area contributed by atoms with E-state index in [4.69, 9.17) is 0 Å². The van der Waals surface area contributed by atoms with Crippen molar-refractivity contribution < 1.29 is 0 Å². The van der Waals surface area contributed by atoms with E-state index in [0.29, 0.717) is 6.04 Å². The van der Waals surface area contributed by atoms with Crippen molar-refractivity contribution in [3.63, 3.8) is 0 Å². The topological polar surface area (TPSA) is 15.3 Å². The first kappa shape index (κ1) is 14.4. The highest BCUT2D eigenvalue weighted by Gasteiger charge is 2.08. The molecule has 0 heterocycles. The van der Waals surface area contributed by atoms with Crippen LogP contribution in [0.5, 0.6) is 0 Å². The Hall–Kier alpha value is -1.96. The molecule has 2 nitrogen and oxygen atoms in total. The van der Waals surface area contributed by atoms with Crippen LogP contribution in [0.3, 0.4) is 0 Å². The fourth-order valence-electron chi connectivity index (χ4n) is 2.34. The van der Waals surface area contributed by atoms with Crippen LogP contribution >= 0.6 is 0 Å². The van der Waals surface area contributed by atoms with E-state index in [-0.39, 0.29) is 0 Å². The summed E-state index contributed by atoms with van der Waals surface area (Å²) in [5.74, 6) is 0. The molecule has 0 fully saturated rings. The van der Waals surface area contributed by atoms with Crippen molar-refractivity contribution in [1.29, 1.82) is 0 Å². The second-order valence-electron chi connectivity index (χ2n) is 5.67. The average molecular weight is 268 g/mol. The molecule has 0 aliphatic heterocycles. The Morgan fingerprint density at radius 2 is 1.75 bits per heavy atom. The zero-order valence-corrected chi connectivity index (χ0v) is 13.1. The molecule has 2 heteroatoms. The number of hydrogen-bond acceptors (Lipinski definition) is 2. The average Bonchev–Trinajstić information content (AvgIpc) is 2.40. The van der Waals surface area contributed by atoms with Gasteiger partial charge in [0.25, 0.3) is 0 Å². The van der Waals surface area contributed by atoms with E-state index in [1.807, 2.05) is 0 Å². The van der Waals surface area contributed by atoms with Crippen LogP contribution in [-0.4, -0.2) is 14.1 Å². The zero-order chi connectivity index (χ0) is 14.7. The molecule has 106 valence electrons. The van der Waals surface area contributed by atoms with E-state index in [1.165, 1.54) is 28.1 Å². The summed E-state index contributed by atoms with van der Waals surface area (Å²) >= 11 is 0. The number of anilines is 2. The summed E-state index contributed by atoms with van der Waals surface area (Å²) in [5.41, 5.74) is 6.33. The molecule has 0 bridgehead atoms. The fourth-order valence-corrected chi connectivity index (χ4v) is 2.34. The van der Waals surface area contributed by atoms with Gasteiger partial charge in [0, 0.05) is 31.5 Å². The lowest BCUT2D eigenvalue weighted by Crippen LogP contribution is -2.11. The number of rotatable bonds is 4. The van der Waals surface area contributed by atoms with E-state index in [2.05, 4.69) is 87.5 Å². The van der Waals surface area contributed by atoms with E-state index in [9.17, 15) is 0 Å². The SMILES string of the molecule is Cc1cccc(C(C)Nc2ccc(N(C)C)cc2C)c1. The minimum Gasteiger partial charge on any atom is -0.378 e.